The first-order chi connectivity index (χ1) is 14.0. The highest BCUT2D eigenvalue weighted by Gasteiger charge is 2.38. The average Bonchev–Trinajstić information content (AvgIpc) is 2.77. The fourth-order valence-electron chi connectivity index (χ4n) is 4.10. The van der Waals surface area contributed by atoms with Crippen LogP contribution in [-0.2, 0) is 9.59 Å². The van der Waals surface area contributed by atoms with Gasteiger partial charge in [0.05, 0.1) is 13.0 Å². The number of aliphatic carboxylic acids is 1. The van der Waals surface area contributed by atoms with Crippen LogP contribution in [0, 0.1) is 11.8 Å². The Morgan fingerprint density at radius 2 is 1.83 bits per heavy atom. The second-order valence-corrected chi connectivity index (χ2v) is 7.70. The first kappa shape index (κ1) is 21.0. The summed E-state index contributed by atoms with van der Waals surface area (Å²) in [5, 5.41) is 9.68. The molecule has 1 aromatic carbocycles. The lowest BCUT2D eigenvalue weighted by atomic mass is 9.70. The van der Waals surface area contributed by atoms with Crippen LogP contribution in [0.5, 0.6) is 5.75 Å². The van der Waals surface area contributed by atoms with E-state index in [-0.39, 0.29) is 17.6 Å². The second kappa shape index (κ2) is 9.63. The quantitative estimate of drug-likeness (QED) is 0.707. The smallest absolute Gasteiger partial charge is 0.307 e. The minimum Gasteiger partial charge on any atom is -0.497 e. The highest BCUT2D eigenvalue weighted by molar-refractivity contribution is 5.81. The van der Waals surface area contributed by atoms with Crippen LogP contribution in [0.15, 0.2) is 36.7 Å². The van der Waals surface area contributed by atoms with Crippen LogP contribution in [-0.4, -0.2) is 33.9 Å². The summed E-state index contributed by atoms with van der Waals surface area (Å²) in [4.78, 5) is 33.2. The molecule has 1 fully saturated rings. The Bertz CT molecular complexity index is 833. The zero-order valence-corrected chi connectivity index (χ0v) is 17.0. The molecule has 1 saturated carbocycles. The molecule has 3 unspecified atom stereocenters. The minimum atomic E-state index is -0.811. The van der Waals surface area contributed by atoms with Gasteiger partial charge in [0, 0.05) is 36.2 Å². The molecule has 0 amide bonds. The van der Waals surface area contributed by atoms with Crippen LogP contribution in [0.1, 0.15) is 56.9 Å². The fraction of sp³-hybridized carbons (Fsp3) is 0.478. The maximum atomic E-state index is 12.5. The zero-order valence-electron chi connectivity index (χ0n) is 17.0. The van der Waals surface area contributed by atoms with Gasteiger partial charge in [-0.15, -0.1) is 0 Å². The average molecular weight is 396 g/mol. The highest BCUT2D eigenvalue weighted by atomic mass is 16.5. The van der Waals surface area contributed by atoms with Crippen molar-refractivity contribution in [2.45, 2.75) is 51.4 Å². The number of aromatic nitrogens is 2. The standard InChI is InChI=1S/C23H28N2O4/c1-3-4-5-21(26)16-8-11-19(23(27)28)20(12-16)17-13-24-22(25-14-17)15-6-9-18(29-2)10-7-15/h6-7,9-10,13-14,16,19-20H,3-5,8,11-12H2,1-2H3,(H,27,28). The molecule has 0 radical (unpaired) electrons. The van der Waals surface area contributed by atoms with Gasteiger partial charge in [0.1, 0.15) is 11.5 Å². The number of carbonyl (C=O) groups excluding carboxylic acids is 1. The van der Waals surface area contributed by atoms with Gasteiger partial charge in [-0.25, -0.2) is 9.97 Å². The number of unbranched alkanes of at least 4 members (excludes halogenated alkanes) is 1. The molecule has 0 saturated heterocycles. The Labute approximate surface area is 171 Å². The van der Waals surface area contributed by atoms with Crippen molar-refractivity contribution < 1.29 is 19.4 Å². The number of ether oxygens (including phenoxy) is 1. The lowest BCUT2D eigenvalue weighted by Crippen LogP contribution is -2.32. The number of ketones is 1. The van der Waals surface area contributed by atoms with Crippen LogP contribution in [0.4, 0.5) is 0 Å². The Kier molecular flexibility index (Phi) is 6.96. The van der Waals surface area contributed by atoms with E-state index >= 15 is 0 Å². The van der Waals surface area contributed by atoms with E-state index in [4.69, 9.17) is 4.74 Å². The Balaban J connectivity index is 1.79. The predicted molar refractivity (Wildman–Crippen MR) is 110 cm³/mol. The summed E-state index contributed by atoms with van der Waals surface area (Å²) >= 11 is 0. The van der Waals surface area contributed by atoms with Crippen molar-refractivity contribution in [3.63, 3.8) is 0 Å². The third kappa shape index (κ3) is 5.00. The number of rotatable bonds is 8. The molecule has 0 spiro atoms. The number of methoxy groups -OCH3 is 1. The van der Waals surface area contributed by atoms with Crippen molar-refractivity contribution in [3.05, 3.63) is 42.2 Å². The van der Waals surface area contributed by atoms with Crippen molar-refractivity contribution in [2.24, 2.45) is 11.8 Å². The molecule has 1 N–H and O–H groups in total. The lowest BCUT2D eigenvalue weighted by molar-refractivity contribution is -0.145. The second-order valence-electron chi connectivity index (χ2n) is 7.70. The monoisotopic (exact) mass is 396 g/mol. The minimum absolute atomic E-state index is 0.0663. The molecule has 1 aliphatic rings. The summed E-state index contributed by atoms with van der Waals surface area (Å²) in [5.74, 6) is -0.0127. The van der Waals surface area contributed by atoms with E-state index in [1.165, 1.54) is 0 Å². The van der Waals surface area contributed by atoms with Crippen molar-refractivity contribution in [1.29, 1.82) is 0 Å². The van der Waals surface area contributed by atoms with E-state index < -0.39 is 11.9 Å². The molecular formula is C23H28N2O4. The third-order valence-corrected chi connectivity index (χ3v) is 5.85. The number of carbonyl (C=O) groups is 2. The molecule has 6 heteroatoms. The van der Waals surface area contributed by atoms with E-state index in [1.807, 2.05) is 24.3 Å². The summed E-state index contributed by atoms with van der Waals surface area (Å²) in [6, 6.07) is 7.47. The van der Waals surface area contributed by atoms with Gasteiger partial charge in [-0.3, -0.25) is 9.59 Å². The van der Waals surface area contributed by atoms with Crippen LogP contribution in [0.25, 0.3) is 11.4 Å². The van der Waals surface area contributed by atoms with E-state index in [2.05, 4.69) is 16.9 Å². The zero-order chi connectivity index (χ0) is 20.8. The molecule has 0 aliphatic heterocycles. The van der Waals surface area contributed by atoms with Gasteiger partial charge in [-0.1, -0.05) is 13.3 Å². The van der Waals surface area contributed by atoms with Gasteiger partial charge in [0.2, 0.25) is 0 Å². The summed E-state index contributed by atoms with van der Waals surface area (Å²) in [6.45, 7) is 2.07. The SMILES string of the molecule is CCCCC(=O)C1CCC(C(=O)O)C(c2cnc(-c3ccc(OC)cc3)nc2)C1. The summed E-state index contributed by atoms with van der Waals surface area (Å²) in [7, 11) is 1.61. The summed E-state index contributed by atoms with van der Waals surface area (Å²) in [5.41, 5.74) is 1.66. The van der Waals surface area contributed by atoms with E-state index in [0.717, 1.165) is 29.7 Å². The number of carboxylic acid groups (broad SMARTS) is 1. The third-order valence-electron chi connectivity index (χ3n) is 5.85. The number of benzene rings is 1. The van der Waals surface area contributed by atoms with Gasteiger partial charge in [0.25, 0.3) is 0 Å². The van der Waals surface area contributed by atoms with Crippen molar-refractivity contribution in [2.75, 3.05) is 7.11 Å². The van der Waals surface area contributed by atoms with Crippen LogP contribution < -0.4 is 4.74 Å². The molecule has 1 heterocycles. The molecule has 3 atom stereocenters. The maximum Gasteiger partial charge on any atom is 0.307 e. The van der Waals surface area contributed by atoms with Gasteiger partial charge < -0.3 is 9.84 Å². The summed E-state index contributed by atoms with van der Waals surface area (Å²) < 4.78 is 5.17. The number of carboxylic acids is 1. The topological polar surface area (TPSA) is 89.4 Å². The molecule has 29 heavy (non-hydrogen) atoms. The molecule has 154 valence electrons. The molecule has 2 aromatic rings. The van der Waals surface area contributed by atoms with Crippen LogP contribution in [0.2, 0.25) is 0 Å². The molecule has 6 nitrogen and oxygen atoms in total. The Hall–Kier alpha value is -2.76. The Morgan fingerprint density at radius 3 is 2.41 bits per heavy atom. The van der Waals surface area contributed by atoms with E-state index in [0.29, 0.717) is 31.5 Å². The fourth-order valence-corrected chi connectivity index (χ4v) is 4.10. The Morgan fingerprint density at radius 1 is 1.14 bits per heavy atom. The van der Waals surface area contributed by atoms with E-state index in [9.17, 15) is 14.7 Å². The highest BCUT2D eigenvalue weighted by Crippen LogP contribution is 2.41. The van der Waals surface area contributed by atoms with Crippen molar-refractivity contribution in [3.8, 4) is 17.1 Å². The molecular weight excluding hydrogens is 368 g/mol. The van der Waals surface area contributed by atoms with Gasteiger partial charge in [0.15, 0.2) is 5.82 Å². The van der Waals surface area contributed by atoms with Gasteiger partial charge >= 0.3 is 5.97 Å². The molecule has 3 rings (SSSR count). The maximum absolute atomic E-state index is 12.5. The molecule has 1 aliphatic carbocycles. The normalized spacial score (nSPS) is 21.5. The van der Waals surface area contributed by atoms with Crippen molar-refractivity contribution >= 4 is 11.8 Å². The number of Topliss-reactive ketones (excluding diaryl/α,β-unsaturated/α-hetero) is 1. The largest absolute Gasteiger partial charge is 0.497 e. The number of hydrogen-bond donors (Lipinski definition) is 1. The first-order valence-corrected chi connectivity index (χ1v) is 10.2. The summed E-state index contributed by atoms with van der Waals surface area (Å²) in [6.07, 6.45) is 7.62. The number of hydrogen-bond acceptors (Lipinski definition) is 5. The predicted octanol–water partition coefficient (Wildman–Crippen LogP) is 4.50. The van der Waals surface area contributed by atoms with Crippen LogP contribution in [0.3, 0.4) is 0 Å². The number of nitrogens with zero attached hydrogens (tertiary/aromatic N) is 2. The van der Waals surface area contributed by atoms with Gasteiger partial charge in [-0.05, 0) is 55.5 Å². The van der Waals surface area contributed by atoms with Crippen molar-refractivity contribution in [1.82, 2.24) is 9.97 Å². The van der Waals surface area contributed by atoms with E-state index in [1.54, 1.807) is 19.5 Å². The first-order valence-electron chi connectivity index (χ1n) is 10.2. The molecule has 1 aromatic heterocycles. The van der Waals surface area contributed by atoms with Crippen LogP contribution >= 0.6 is 0 Å². The van der Waals surface area contributed by atoms with Gasteiger partial charge in [-0.2, -0.15) is 0 Å². The lowest BCUT2D eigenvalue weighted by Gasteiger charge is -2.33. The molecule has 0 bridgehead atoms.